The summed E-state index contributed by atoms with van der Waals surface area (Å²) in [5, 5.41) is 0. The van der Waals surface area contributed by atoms with Crippen molar-refractivity contribution >= 4 is 39.0 Å². The molecule has 0 unspecified atom stereocenters. The average molecular weight is 502 g/mol. The van der Waals surface area contributed by atoms with Gasteiger partial charge in [-0.3, -0.25) is 25.3 Å². The van der Waals surface area contributed by atoms with Crippen LogP contribution < -0.4 is 162 Å². The molecule has 0 amide bonds. The quantitative estimate of drug-likeness (QED) is 0.128. The van der Waals surface area contributed by atoms with Crippen LogP contribution in [0.4, 0.5) is 0 Å². The molecule has 0 saturated heterocycles. The van der Waals surface area contributed by atoms with Crippen LogP contribution in [0.5, 0.6) is 0 Å². The summed E-state index contributed by atoms with van der Waals surface area (Å²) in [6.07, 6.45) is 0. The van der Waals surface area contributed by atoms with Gasteiger partial charge in [0, 0.05) is 31.2 Å². The van der Waals surface area contributed by atoms with Crippen molar-refractivity contribution in [2.24, 2.45) is 0 Å². The first-order chi connectivity index (χ1) is 8.00. The molecule has 0 spiro atoms. The van der Waals surface area contributed by atoms with Crippen LogP contribution in [0.2, 0.25) is 0 Å². The van der Waals surface area contributed by atoms with Gasteiger partial charge in [-0.25, -0.2) is 0 Å². The van der Waals surface area contributed by atoms with Crippen LogP contribution in [0.3, 0.4) is 0 Å². The van der Waals surface area contributed by atoms with Crippen molar-refractivity contribution in [3.8, 4) is 0 Å². The summed E-state index contributed by atoms with van der Waals surface area (Å²) in [4.78, 5) is 25.6. The Morgan fingerprint density at radius 1 is 0.480 bits per heavy atom. The molecule has 0 heterocycles. The van der Waals surface area contributed by atoms with Gasteiger partial charge in [0.1, 0.15) is 0 Å². The van der Waals surface area contributed by atoms with Crippen molar-refractivity contribution in [1.29, 1.82) is 0 Å². The van der Waals surface area contributed by atoms with Gasteiger partial charge in [-0.15, -0.1) is 0 Å². The van der Waals surface area contributed by atoms with Gasteiger partial charge >= 0.3 is 153 Å². The van der Waals surface area contributed by atoms with Crippen molar-refractivity contribution in [2.45, 2.75) is 0 Å². The van der Waals surface area contributed by atoms with Crippen molar-refractivity contribution in [2.75, 3.05) is 0 Å². The van der Waals surface area contributed by atoms with E-state index < -0.39 is 39.0 Å². The predicted molar refractivity (Wildman–Crippen MR) is 43.5 cm³/mol. The second-order valence-corrected chi connectivity index (χ2v) is 5.02. The van der Waals surface area contributed by atoms with E-state index in [-0.39, 0.29) is 153 Å². The number of hydrogen-bond acceptors (Lipinski definition) is 16. The van der Waals surface area contributed by atoms with Crippen LogP contribution in [-0.2, 0) is 35.8 Å². The Morgan fingerprint density at radius 2 is 0.480 bits per heavy atom. The van der Waals surface area contributed by atoms with Crippen molar-refractivity contribution < 1.29 is 225 Å². The van der Waals surface area contributed by atoms with E-state index in [1.54, 1.807) is 0 Å². The molecule has 0 bridgehead atoms. The maximum absolute atomic E-state index is 8.55. The number of phosphoric acid groups is 1. The Bertz CT molecular complexity index is 495. The predicted octanol–water partition coefficient (Wildman–Crippen LogP) is -21.4. The molecule has 0 aromatic rings. The van der Waals surface area contributed by atoms with E-state index in [2.05, 4.69) is 0 Å². The first-order valence-electron chi connectivity index (χ1n) is 2.73. The van der Waals surface area contributed by atoms with Gasteiger partial charge in [-0.1, -0.05) is 0 Å². The Hall–Kier alpha value is 4.72. The molecule has 0 saturated carbocycles. The van der Waals surface area contributed by atoms with Gasteiger partial charge in [0.15, 0.2) is 0 Å². The van der Waals surface area contributed by atoms with Crippen molar-refractivity contribution in [3.05, 3.63) is 0 Å². The topological polar surface area (TPSA) is 327 Å². The third-order valence-electron chi connectivity index (χ3n) is 0. The molecule has 0 radical (unpaired) electrons. The monoisotopic (exact) mass is 502 g/mol. The summed E-state index contributed by atoms with van der Waals surface area (Å²) in [7, 11) is -20.9. The SMILES string of the molecule is O=P([O-])([O-])[O-].O=S(=O)([O-])[O-].O=S(=O)([O-])[O-].O=S(=O)([O-])[O-].[H+].[H+].[H+].[H+].[Na+].[Na+].[Na+].[Na+].[Na+]. The van der Waals surface area contributed by atoms with E-state index >= 15 is 0 Å². The van der Waals surface area contributed by atoms with Gasteiger partial charge in [0.05, 0.1) is 0 Å². The third-order valence-corrected chi connectivity index (χ3v) is 0. The molecule has 0 atom stereocenters. The summed E-state index contributed by atoms with van der Waals surface area (Å²) in [6.45, 7) is 0. The Kier molecular flexibility index (Phi) is 61.1. The van der Waals surface area contributed by atoms with Crippen LogP contribution >= 0.6 is 7.82 Å². The molecule has 0 rings (SSSR count). The van der Waals surface area contributed by atoms with Gasteiger partial charge < -0.3 is 46.6 Å². The van der Waals surface area contributed by atoms with Crippen LogP contribution in [0.15, 0.2) is 0 Å². The maximum atomic E-state index is 8.55. The molecule has 0 fully saturated rings. The van der Waals surface area contributed by atoms with E-state index in [1.165, 1.54) is 0 Å². The van der Waals surface area contributed by atoms with E-state index in [9.17, 15) is 0 Å². The van der Waals surface area contributed by atoms with Crippen molar-refractivity contribution in [3.63, 3.8) is 0 Å². The fraction of sp³-hybridized carbons (Fsp3) is 0. The zero-order valence-corrected chi connectivity index (χ0v) is 26.5. The van der Waals surface area contributed by atoms with Crippen LogP contribution in [0.1, 0.15) is 5.71 Å². The molecule has 0 aliphatic carbocycles. The summed E-state index contributed by atoms with van der Waals surface area (Å²) in [6, 6.07) is 0. The molecule has 25 heteroatoms. The van der Waals surface area contributed by atoms with Crippen LogP contribution in [0.25, 0.3) is 0 Å². The average Bonchev–Trinajstić information content (AvgIpc) is 1.62. The van der Waals surface area contributed by atoms with Crippen LogP contribution in [-0.4, -0.2) is 52.6 Å². The fourth-order valence-electron chi connectivity index (χ4n) is 0. The smallest absolute Gasteiger partial charge is 0.822 e. The Morgan fingerprint density at radius 3 is 0.480 bits per heavy atom. The van der Waals surface area contributed by atoms with Crippen molar-refractivity contribution in [1.82, 2.24) is 0 Å². The molecule has 25 heavy (non-hydrogen) atoms. The van der Waals surface area contributed by atoms with E-state index in [4.69, 9.17) is 71.8 Å². The summed E-state index contributed by atoms with van der Waals surface area (Å²) < 4.78 is 111. The maximum Gasteiger partial charge on any atom is 1.00 e. The first kappa shape index (κ1) is 57.1. The Balaban J connectivity index is -0.00000000970. The molecule has 0 aliphatic rings. The zero-order valence-electron chi connectivity index (χ0n) is 17.2. The molecule has 128 valence electrons. The first-order valence-corrected chi connectivity index (χ1v) is 8.19. The van der Waals surface area contributed by atoms with E-state index in [0.717, 1.165) is 0 Å². The minimum Gasteiger partial charge on any atom is -0.822 e. The minimum atomic E-state index is -5.39. The molecule has 0 aromatic heterocycles. The van der Waals surface area contributed by atoms with Gasteiger partial charge in [0.2, 0.25) is 0 Å². The fourth-order valence-corrected chi connectivity index (χ4v) is 0. The minimum absolute atomic E-state index is 0. The number of hydrogen-bond donors (Lipinski definition) is 0. The van der Waals surface area contributed by atoms with Gasteiger partial charge in [0.25, 0.3) is 0 Å². The second-order valence-electron chi connectivity index (χ2n) is 1.67. The van der Waals surface area contributed by atoms with E-state index in [0.29, 0.717) is 0 Å². The second kappa shape index (κ2) is 26.8. The van der Waals surface area contributed by atoms with Gasteiger partial charge in [-0.2, -0.15) is 7.82 Å². The summed E-state index contributed by atoms with van der Waals surface area (Å²) in [5.74, 6) is 0. The normalized spacial score (nSPS) is 9.32. The molecule has 16 nitrogen and oxygen atoms in total. The summed E-state index contributed by atoms with van der Waals surface area (Å²) >= 11 is 0. The third kappa shape index (κ3) is 920. The van der Waals surface area contributed by atoms with Crippen LogP contribution in [0, 0.1) is 0 Å². The molecular formula is H4Na5O16PS3. The van der Waals surface area contributed by atoms with E-state index in [1.807, 2.05) is 0 Å². The standard InChI is InChI=1S/5Na.H3O4P.3H2O4S/c;;;;;4*1-5(2,3)4/h;;;;;(H3,1,2,3,4);3*(H2,1,2,3,4)/q5*+1;;;;/p-5. The molecule has 0 N–H and O–H groups in total. The molecule has 0 aromatic carbocycles. The largest absolute Gasteiger partial charge is 1.00 e. The van der Waals surface area contributed by atoms with Gasteiger partial charge in [-0.05, 0) is 0 Å². The summed E-state index contributed by atoms with van der Waals surface area (Å²) in [5.41, 5.74) is 0. The number of rotatable bonds is 0. The molecular weight excluding hydrogens is 498 g/mol. The zero-order chi connectivity index (χ0) is 18.0. The Labute approximate surface area is 259 Å². The molecule has 0 aliphatic heterocycles.